The maximum absolute atomic E-state index is 11.0. The molecule has 0 aromatic carbocycles. The molecular formula is C8H10ClN3O. The van der Waals surface area contributed by atoms with E-state index >= 15 is 0 Å². The maximum atomic E-state index is 11.0. The molecule has 1 heterocycles. The third kappa shape index (κ3) is 1.95. The van der Waals surface area contributed by atoms with Gasteiger partial charge in [0.15, 0.2) is 0 Å². The van der Waals surface area contributed by atoms with Gasteiger partial charge in [-0.3, -0.25) is 4.79 Å². The topological polar surface area (TPSA) is 68.9 Å². The van der Waals surface area contributed by atoms with Crippen molar-refractivity contribution >= 4 is 17.5 Å². The van der Waals surface area contributed by atoms with E-state index in [1.807, 2.05) is 0 Å². The summed E-state index contributed by atoms with van der Waals surface area (Å²) < 4.78 is 0. The van der Waals surface area contributed by atoms with E-state index in [1.165, 1.54) is 6.20 Å². The summed E-state index contributed by atoms with van der Waals surface area (Å²) in [4.78, 5) is 18.9. The quantitative estimate of drug-likeness (QED) is 0.720. The zero-order valence-corrected chi connectivity index (χ0v) is 8.17. The normalized spacial score (nSPS) is 11.3. The fourth-order valence-electron chi connectivity index (χ4n) is 0.748. The number of aromatic nitrogens is 2. The minimum atomic E-state index is -0.884. The van der Waals surface area contributed by atoms with Crippen molar-refractivity contribution in [2.45, 2.75) is 19.3 Å². The Labute approximate surface area is 81.1 Å². The van der Waals surface area contributed by atoms with Gasteiger partial charge in [-0.05, 0) is 19.9 Å². The number of nitrogens with zero attached hydrogens (tertiary/aromatic N) is 2. The van der Waals surface area contributed by atoms with E-state index in [0.717, 1.165) is 0 Å². The van der Waals surface area contributed by atoms with Gasteiger partial charge in [0.1, 0.15) is 16.4 Å². The van der Waals surface area contributed by atoms with Crippen LogP contribution in [0, 0.1) is 0 Å². The van der Waals surface area contributed by atoms with Crippen molar-refractivity contribution in [2.75, 3.05) is 0 Å². The molecule has 0 saturated carbocycles. The van der Waals surface area contributed by atoms with E-state index in [4.69, 9.17) is 17.3 Å². The zero-order valence-electron chi connectivity index (χ0n) is 7.41. The van der Waals surface area contributed by atoms with E-state index in [9.17, 15) is 4.79 Å². The number of carbonyl (C=O) groups is 1. The van der Waals surface area contributed by atoms with Crippen molar-refractivity contribution in [3.8, 4) is 0 Å². The molecule has 2 N–H and O–H groups in total. The first-order chi connectivity index (χ1) is 5.94. The first-order valence-corrected chi connectivity index (χ1v) is 4.11. The highest BCUT2D eigenvalue weighted by molar-refractivity contribution is 6.29. The standard InChI is InChI=1S/C8H10ClN3O/c1-8(2,6(10)13)7-11-4-3-5(9)12-7/h3-4H,1-2H3,(H2,10,13). The van der Waals surface area contributed by atoms with Crippen LogP contribution in [-0.2, 0) is 10.2 Å². The van der Waals surface area contributed by atoms with Crippen molar-refractivity contribution in [1.29, 1.82) is 0 Å². The van der Waals surface area contributed by atoms with Gasteiger partial charge in [0.2, 0.25) is 5.91 Å². The molecule has 0 atom stereocenters. The number of halogens is 1. The van der Waals surface area contributed by atoms with Gasteiger partial charge < -0.3 is 5.73 Å². The first-order valence-electron chi connectivity index (χ1n) is 3.73. The van der Waals surface area contributed by atoms with E-state index in [1.54, 1.807) is 19.9 Å². The van der Waals surface area contributed by atoms with E-state index in [2.05, 4.69) is 9.97 Å². The molecule has 1 amide bonds. The average Bonchev–Trinajstić information content (AvgIpc) is 2.04. The number of primary amides is 1. The maximum Gasteiger partial charge on any atom is 0.230 e. The molecule has 0 aliphatic heterocycles. The largest absolute Gasteiger partial charge is 0.369 e. The predicted molar refractivity (Wildman–Crippen MR) is 49.3 cm³/mol. The van der Waals surface area contributed by atoms with E-state index < -0.39 is 11.3 Å². The van der Waals surface area contributed by atoms with E-state index in [0.29, 0.717) is 11.0 Å². The molecule has 13 heavy (non-hydrogen) atoms. The molecule has 0 spiro atoms. The third-order valence-corrected chi connectivity index (χ3v) is 2.01. The summed E-state index contributed by atoms with van der Waals surface area (Å²) in [5.74, 6) is -0.137. The Balaban J connectivity index is 3.14. The number of rotatable bonds is 2. The van der Waals surface area contributed by atoms with Crippen LogP contribution in [0.15, 0.2) is 12.3 Å². The van der Waals surface area contributed by atoms with Crippen LogP contribution >= 0.6 is 11.6 Å². The summed E-state index contributed by atoms with van der Waals surface area (Å²) in [6.45, 7) is 3.31. The van der Waals surface area contributed by atoms with E-state index in [-0.39, 0.29) is 0 Å². The van der Waals surface area contributed by atoms with Crippen LogP contribution in [0.1, 0.15) is 19.7 Å². The summed E-state index contributed by atoms with van der Waals surface area (Å²) in [7, 11) is 0. The Bertz CT molecular complexity index is 338. The Hall–Kier alpha value is -1.16. The van der Waals surface area contributed by atoms with Crippen LogP contribution in [0.25, 0.3) is 0 Å². The van der Waals surface area contributed by atoms with Crippen LogP contribution in [0.2, 0.25) is 5.15 Å². The second-order valence-electron chi connectivity index (χ2n) is 3.19. The predicted octanol–water partition coefficient (Wildman–Crippen LogP) is 0.893. The van der Waals surface area contributed by atoms with Crippen LogP contribution in [0.3, 0.4) is 0 Å². The van der Waals surface area contributed by atoms with Crippen molar-refractivity contribution < 1.29 is 4.79 Å². The smallest absolute Gasteiger partial charge is 0.230 e. The molecule has 0 aliphatic carbocycles. The lowest BCUT2D eigenvalue weighted by Gasteiger charge is -2.17. The van der Waals surface area contributed by atoms with Gasteiger partial charge in [0.25, 0.3) is 0 Å². The van der Waals surface area contributed by atoms with Gasteiger partial charge in [-0.25, -0.2) is 9.97 Å². The van der Waals surface area contributed by atoms with Gasteiger partial charge >= 0.3 is 0 Å². The number of hydrogen-bond donors (Lipinski definition) is 1. The van der Waals surface area contributed by atoms with Crippen LogP contribution in [0.5, 0.6) is 0 Å². The Morgan fingerprint density at radius 2 is 2.23 bits per heavy atom. The van der Waals surface area contributed by atoms with Gasteiger partial charge in [-0.1, -0.05) is 11.6 Å². The lowest BCUT2D eigenvalue weighted by molar-refractivity contribution is -0.122. The lowest BCUT2D eigenvalue weighted by Crippen LogP contribution is -2.37. The lowest BCUT2D eigenvalue weighted by atomic mass is 9.92. The monoisotopic (exact) mass is 199 g/mol. The second-order valence-corrected chi connectivity index (χ2v) is 3.58. The molecule has 0 saturated heterocycles. The second kappa shape index (κ2) is 3.30. The number of nitrogens with two attached hydrogens (primary N) is 1. The molecular weight excluding hydrogens is 190 g/mol. The Morgan fingerprint density at radius 1 is 1.62 bits per heavy atom. The van der Waals surface area contributed by atoms with Gasteiger partial charge in [-0.2, -0.15) is 0 Å². The highest BCUT2D eigenvalue weighted by Crippen LogP contribution is 2.19. The third-order valence-electron chi connectivity index (χ3n) is 1.80. The summed E-state index contributed by atoms with van der Waals surface area (Å²) in [6.07, 6.45) is 1.50. The fraction of sp³-hybridized carbons (Fsp3) is 0.375. The number of amides is 1. The molecule has 0 bridgehead atoms. The van der Waals surface area contributed by atoms with Crippen molar-refractivity contribution in [3.63, 3.8) is 0 Å². The molecule has 0 fully saturated rings. The SMILES string of the molecule is CC(C)(C(N)=O)c1nccc(Cl)n1. The fourth-order valence-corrected chi connectivity index (χ4v) is 0.884. The zero-order chi connectivity index (χ0) is 10.1. The molecule has 4 nitrogen and oxygen atoms in total. The first kappa shape index (κ1) is 9.92. The minimum Gasteiger partial charge on any atom is -0.369 e. The van der Waals surface area contributed by atoms with Crippen molar-refractivity contribution in [1.82, 2.24) is 9.97 Å². The molecule has 1 aromatic rings. The average molecular weight is 200 g/mol. The number of hydrogen-bond acceptors (Lipinski definition) is 3. The highest BCUT2D eigenvalue weighted by atomic mass is 35.5. The van der Waals surface area contributed by atoms with Gasteiger partial charge in [0.05, 0.1) is 0 Å². The molecule has 1 aromatic heterocycles. The molecule has 5 heteroatoms. The van der Waals surface area contributed by atoms with Crippen molar-refractivity contribution in [2.24, 2.45) is 5.73 Å². The van der Waals surface area contributed by atoms with Crippen molar-refractivity contribution in [3.05, 3.63) is 23.2 Å². The summed E-state index contributed by atoms with van der Waals surface area (Å²) in [6, 6.07) is 1.54. The summed E-state index contributed by atoms with van der Waals surface area (Å²) in [5, 5.41) is 0.305. The van der Waals surface area contributed by atoms with Gasteiger partial charge in [-0.15, -0.1) is 0 Å². The van der Waals surface area contributed by atoms with Crippen LogP contribution in [-0.4, -0.2) is 15.9 Å². The summed E-state index contributed by atoms with van der Waals surface area (Å²) in [5.41, 5.74) is 4.31. The van der Waals surface area contributed by atoms with Crippen LogP contribution < -0.4 is 5.73 Å². The highest BCUT2D eigenvalue weighted by Gasteiger charge is 2.30. The molecule has 0 radical (unpaired) electrons. The number of carbonyl (C=O) groups excluding carboxylic acids is 1. The molecule has 1 rings (SSSR count). The molecule has 0 unspecified atom stereocenters. The van der Waals surface area contributed by atoms with Crippen LogP contribution in [0.4, 0.5) is 0 Å². The minimum absolute atomic E-state index is 0.305. The summed E-state index contributed by atoms with van der Waals surface area (Å²) >= 11 is 5.65. The van der Waals surface area contributed by atoms with Gasteiger partial charge in [0, 0.05) is 6.20 Å². The molecule has 70 valence electrons. The molecule has 0 aliphatic rings. The Kier molecular flexibility index (Phi) is 2.52. The Morgan fingerprint density at radius 3 is 2.69 bits per heavy atom.